The Labute approximate surface area is 233 Å². The van der Waals surface area contributed by atoms with E-state index < -0.39 is 51.6 Å². The van der Waals surface area contributed by atoms with Gasteiger partial charge in [0, 0.05) is 17.7 Å². The molecule has 2 aromatic carbocycles. The van der Waals surface area contributed by atoms with Crippen molar-refractivity contribution in [2.45, 2.75) is 55.9 Å². The third-order valence-corrected chi connectivity index (χ3v) is 8.73. The summed E-state index contributed by atoms with van der Waals surface area (Å²) in [6.45, 7) is 1.08. The maximum atomic E-state index is 14.0. The van der Waals surface area contributed by atoms with E-state index in [2.05, 4.69) is 10.1 Å². The normalized spacial score (nSPS) is 18.1. The lowest BCUT2D eigenvalue weighted by molar-refractivity contribution is -0.242. The van der Waals surface area contributed by atoms with E-state index in [9.17, 15) is 35.6 Å². The zero-order chi connectivity index (χ0) is 30.3. The fourth-order valence-corrected chi connectivity index (χ4v) is 5.94. The van der Waals surface area contributed by atoms with Crippen LogP contribution >= 0.6 is 0 Å². The molecule has 0 bridgehead atoms. The van der Waals surface area contributed by atoms with Gasteiger partial charge >= 0.3 is 12.3 Å². The number of nitrogens with one attached hydrogen (secondary N) is 1. The molecule has 15 heteroatoms. The molecule has 1 aliphatic heterocycles. The number of primary amides is 1. The first-order valence-corrected chi connectivity index (χ1v) is 14.0. The number of alkyl halides is 3. The number of anilines is 2. The maximum absolute atomic E-state index is 14.0. The number of nitrogens with zero attached hydrogens (tertiary/aromatic N) is 1. The van der Waals surface area contributed by atoms with Crippen LogP contribution < -0.4 is 24.8 Å². The molecule has 2 atom stereocenters. The van der Waals surface area contributed by atoms with Crippen LogP contribution in [0.4, 0.5) is 33.7 Å². The van der Waals surface area contributed by atoms with Crippen molar-refractivity contribution in [3.05, 3.63) is 42.2 Å². The SMILES string of the molecule is COc1cc(S(=O)(=O)N2C[C@H](CC(C(N)=O)C3CC3)Oc3ccc(NC(=O)OC(C)(C)C(F)(F)F)cc32)ccc1F. The van der Waals surface area contributed by atoms with Crippen molar-refractivity contribution < 1.29 is 49.8 Å². The molecule has 0 radical (unpaired) electrons. The summed E-state index contributed by atoms with van der Waals surface area (Å²) in [4.78, 5) is 24.0. The van der Waals surface area contributed by atoms with Gasteiger partial charge in [-0.2, -0.15) is 13.2 Å². The maximum Gasteiger partial charge on any atom is 0.427 e. The highest BCUT2D eigenvalue weighted by atomic mass is 32.2. The second kappa shape index (κ2) is 10.9. The number of methoxy groups -OCH3 is 1. The van der Waals surface area contributed by atoms with Gasteiger partial charge in [0.1, 0.15) is 11.9 Å². The minimum absolute atomic E-state index is 0.0560. The molecule has 0 saturated heterocycles. The van der Waals surface area contributed by atoms with Crippen molar-refractivity contribution in [3.63, 3.8) is 0 Å². The van der Waals surface area contributed by atoms with E-state index >= 15 is 0 Å². The molecule has 1 saturated carbocycles. The number of fused-ring (bicyclic) bond motifs is 1. The number of hydrogen-bond donors (Lipinski definition) is 2. The number of sulfonamides is 1. The molecule has 1 unspecified atom stereocenters. The van der Waals surface area contributed by atoms with Crippen LogP contribution in [-0.4, -0.2) is 52.0 Å². The summed E-state index contributed by atoms with van der Waals surface area (Å²) >= 11 is 0. The monoisotopic (exact) mass is 603 g/mol. The zero-order valence-corrected chi connectivity index (χ0v) is 23.1. The molecule has 41 heavy (non-hydrogen) atoms. The third kappa shape index (κ3) is 6.44. The summed E-state index contributed by atoms with van der Waals surface area (Å²) in [5.41, 5.74) is 2.65. The Balaban J connectivity index is 1.69. The number of carbonyl (C=O) groups is 2. The number of hydrogen-bond acceptors (Lipinski definition) is 7. The van der Waals surface area contributed by atoms with Crippen LogP contribution in [0.25, 0.3) is 0 Å². The Bertz CT molecular complexity index is 1450. The Morgan fingerprint density at radius 3 is 2.44 bits per heavy atom. The zero-order valence-electron chi connectivity index (χ0n) is 22.3. The molecule has 2 aliphatic rings. The van der Waals surface area contributed by atoms with Crippen molar-refractivity contribution in [3.8, 4) is 11.5 Å². The van der Waals surface area contributed by atoms with Crippen LogP contribution in [0.2, 0.25) is 0 Å². The summed E-state index contributed by atoms with van der Waals surface area (Å²) in [5.74, 6) is -2.03. The molecule has 10 nitrogen and oxygen atoms in total. The van der Waals surface area contributed by atoms with Gasteiger partial charge in [-0.05, 0) is 69.4 Å². The van der Waals surface area contributed by atoms with E-state index in [1.807, 2.05) is 0 Å². The van der Waals surface area contributed by atoms with Crippen molar-refractivity contribution in [2.24, 2.45) is 17.6 Å². The van der Waals surface area contributed by atoms with Gasteiger partial charge in [0.25, 0.3) is 10.0 Å². The van der Waals surface area contributed by atoms with Gasteiger partial charge in [-0.3, -0.25) is 14.4 Å². The molecule has 1 heterocycles. The third-order valence-electron chi connectivity index (χ3n) is 6.95. The predicted octanol–water partition coefficient (Wildman–Crippen LogP) is 4.58. The van der Waals surface area contributed by atoms with Crippen molar-refractivity contribution in [2.75, 3.05) is 23.3 Å². The van der Waals surface area contributed by atoms with Gasteiger partial charge in [-0.15, -0.1) is 0 Å². The number of ether oxygens (including phenoxy) is 3. The Hall–Kier alpha value is -3.75. The number of carbonyl (C=O) groups excluding carboxylic acids is 2. The summed E-state index contributed by atoms with van der Waals surface area (Å²) in [6, 6.07) is 6.79. The lowest BCUT2D eigenvalue weighted by atomic mass is 9.95. The fourth-order valence-electron chi connectivity index (χ4n) is 4.42. The molecule has 1 fully saturated rings. The summed E-state index contributed by atoms with van der Waals surface area (Å²) in [5, 5.41) is 2.17. The lowest BCUT2D eigenvalue weighted by Crippen LogP contribution is -2.45. The van der Waals surface area contributed by atoms with Gasteiger partial charge in [-0.1, -0.05) is 0 Å². The number of amides is 2. The van der Waals surface area contributed by atoms with Crippen molar-refractivity contribution in [1.82, 2.24) is 0 Å². The first kappa shape index (κ1) is 30.2. The van der Waals surface area contributed by atoms with Crippen LogP contribution in [0.3, 0.4) is 0 Å². The van der Waals surface area contributed by atoms with E-state index in [0.717, 1.165) is 35.3 Å². The Morgan fingerprint density at radius 1 is 1.17 bits per heavy atom. The molecule has 1 aliphatic carbocycles. The van der Waals surface area contributed by atoms with Gasteiger partial charge in [0.2, 0.25) is 11.5 Å². The van der Waals surface area contributed by atoms with Gasteiger partial charge < -0.3 is 19.9 Å². The number of halogens is 4. The fraction of sp³-hybridized carbons (Fsp3) is 0.462. The highest BCUT2D eigenvalue weighted by Gasteiger charge is 2.51. The first-order chi connectivity index (χ1) is 19.0. The largest absolute Gasteiger partial charge is 0.494 e. The highest BCUT2D eigenvalue weighted by Crippen LogP contribution is 2.44. The van der Waals surface area contributed by atoms with E-state index in [4.69, 9.17) is 15.2 Å². The predicted molar refractivity (Wildman–Crippen MR) is 139 cm³/mol. The Morgan fingerprint density at radius 2 is 1.85 bits per heavy atom. The molecule has 2 amide bonds. The van der Waals surface area contributed by atoms with E-state index in [-0.39, 0.29) is 46.7 Å². The van der Waals surface area contributed by atoms with Crippen molar-refractivity contribution in [1.29, 1.82) is 0 Å². The van der Waals surface area contributed by atoms with Crippen LogP contribution in [-0.2, 0) is 19.6 Å². The second-order valence-corrected chi connectivity index (χ2v) is 12.2. The molecular formula is C26H29F4N3O7S. The summed E-state index contributed by atoms with van der Waals surface area (Å²) < 4.78 is 97.6. The molecule has 224 valence electrons. The quantitative estimate of drug-likeness (QED) is 0.400. The van der Waals surface area contributed by atoms with E-state index in [0.29, 0.717) is 13.8 Å². The number of rotatable bonds is 9. The second-order valence-electron chi connectivity index (χ2n) is 10.4. The standard InChI is InChI=1S/C26H29F4N3O7S/c1-25(2,26(28,29)30)40-24(35)32-15-6-9-21-20(10-15)33(13-16(39-21)11-18(23(31)34)14-4-5-14)41(36,37)17-7-8-19(27)22(12-17)38-3/h6-10,12,14,16,18H,4-5,11,13H2,1-3H3,(H2,31,34)(H,32,35)/t16-,18?/m0/s1. The molecule has 0 aromatic heterocycles. The Kier molecular flexibility index (Phi) is 8.04. The average molecular weight is 604 g/mol. The first-order valence-electron chi connectivity index (χ1n) is 12.6. The minimum atomic E-state index is -4.84. The molecule has 0 spiro atoms. The summed E-state index contributed by atoms with van der Waals surface area (Å²) in [7, 11) is -3.24. The highest BCUT2D eigenvalue weighted by molar-refractivity contribution is 7.92. The number of benzene rings is 2. The van der Waals surface area contributed by atoms with E-state index in [1.165, 1.54) is 25.3 Å². The van der Waals surface area contributed by atoms with Crippen LogP contribution in [0.1, 0.15) is 33.1 Å². The summed E-state index contributed by atoms with van der Waals surface area (Å²) in [6.07, 6.45) is -5.30. The average Bonchev–Trinajstić information content (AvgIpc) is 3.71. The lowest BCUT2D eigenvalue weighted by Gasteiger charge is -2.36. The van der Waals surface area contributed by atoms with Gasteiger partial charge in [-0.25, -0.2) is 17.6 Å². The van der Waals surface area contributed by atoms with Crippen molar-refractivity contribution >= 4 is 33.4 Å². The van der Waals surface area contributed by atoms with Crippen LogP contribution in [0.5, 0.6) is 11.5 Å². The van der Waals surface area contributed by atoms with Crippen LogP contribution in [0, 0.1) is 17.7 Å². The molecule has 4 rings (SSSR count). The molecular weight excluding hydrogens is 574 g/mol. The molecule has 3 N–H and O–H groups in total. The minimum Gasteiger partial charge on any atom is -0.494 e. The van der Waals surface area contributed by atoms with Gasteiger partial charge in [0.05, 0.1) is 24.2 Å². The van der Waals surface area contributed by atoms with Crippen LogP contribution in [0.15, 0.2) is 41.3 Å². The smallest absolute Gasteiger partial charge is 0.427 e. The van der Waals surface area contributed by atoms with Gasteiger partial charge in [0.15, 0.2) is 11.6 Å². The van der Waals surface area contributed by atoms with E-state index in [1.54, 1.807) is 0 Å². The number of nitrogens with two attached hydrogens (primary N) is 1. The molecule has 2 aromatic rings. The topological polar surface area (TPSA) is 137 Å².